The van der Waals surface area contributed by atoms with E-state index in [-0.39, 0.29) is 5.91 Å². The lowest BCUT2D eigenvalue weighted by molar-refractivity contribution is 0.0971. The van der Waals surface area contributed by atoms with Crippen LogP contribution in [0.5, 0.6) is 11.5 Å². The van der Waals surface area contributed by atoms with Gasteiger partial charge in [-0.25, -0.2) is 4.98 Å². The van der Waals surface area contributed by atoms with Crippen molar-refractivity contribution in [1.29, 1.82) is 0 Å². The third-order valence-electron chi connectivity index (χ3n) is 3.39. The number of nitrogens with zero attached hydrogens (tertiary/aromatic N) is 2. The number of benzene rings is 1. The molecular formula is C16H21N3O4S. The van der Waals surface area contributed by atoms with Gasteiger partial charge in [-0.2, -0.15) is 0 Å². The highest BCUT2D eigenvalue weighted by molar-refractivity contribution is 7.09. The number of nitrogens with two attached hydrogens (primary N) is 1. The highest BCUT2D eigenvalue weighted by atomic mass is 32.1. The molecule has 1 aromatic heterocycles. The van der Waals surface area contributed by atoms with E-state index in [1.54, 1.807) is 49.8 Å². The van der Waals surface area contributed by atoms with Gasteiger partial charge in [0.05, 0.1) is 20.8 Å². The molecule has 0 atom stereocenters. The fraction of sp³-hybridized carbons (Fsp3) is 0.375. The molecule has 130 valence electrons. The molecule has 0 spiro atoms. The van der Waals surface area contributed by atoms with Crippen LogP contribution in [0, 0.1) is 0 Å². The molecule has 0 bridgehead atoms. The summed E-state index contributed by atoms with van der Waals surface area (Å²) in [4.78, 5) is 18.7. The first-order valence-electron chi connectivity index (χ1n) is 7.31. The third kappa shape index (κ3) is 4.02. The van der Waals surface area contributed by atoms with Crippen LogP contribution in [0.3, 0.4) is 0 Å². The fourth-order valence-corrected chi connectivity index (χ4v) is 2.81. The van der Waals surface area contributed by atoms with E-state index in [2.05, 4.69) is 4.98 Å². The van der Waals surface area contributed by atoms with Crippen LogP contribution in [0.4, 0.5) is 5.69 Å². The number of rotatable bonds is 8. The second-order valence-corrected chi connectivity index (χ2v) is 5.76. The van der Waals surface area contributed by atoms with Crippen molar-refractivity contribution in [2.75, 3.05) is 39.4 Å². The molecule has 2 aromatic rings. The summed E-state index contributed by atoms with van der Waals surface area (Å²) < 4.78 is 15.7. The molecule has 0 unspecified atom stereocenters. The van der Waals surface area contributed by atoms with Gasteiger partial charge in [-0.1, -0.05) is 0 Å². The number of amides is 1. The zero-order valence-electron chi connectivity index (χ0n) is 13.9. The number of methoxy groups -OCH3 is 3. The second kappa shape index (κ2) is 8.62. The van der Waals surface area contributed by atoms with Crippen LogP contribution in [-0.4, -0.2) is 45.4 Å². The summed E-state index contributed by atoms with van der Waals surface area (Å²) in [6.07, 6.45) is 0. The van der Waals surface area contributed by atoms with Crippen molar-refractivity contribution >= 4 is 22.9 Å². The molecule has 0 radical (unpaired) electrons. The first kappa shape index (κ1) is 18.2. The molecule has 8 heteroatoms. The molecule has 0 aliphatic carbocycles. The van der Waals surface area contributed by atoms with Gasteiger partial charge in [0.15, 0.2) is 11.5 Å². The second-order valence-electron chi connectivity index (χ2n) is 4.82. The standard InChI is InChI=1S/C16H21N3O4S/c1-21-7-6-19(16(20)12-10-24-15(9-17)18-12)11-4-5-13(22-2)14(8-11)23-3/h4-5,8,10H,6-7,9,17H2,1-3H3. The Bertz CT molecular complexity index is 690. The summed E-state index contributed by atoms with van der Waals surface area (Å²) in [6, 6.07) is 5.31. The molecule has 0 saturated carbocycles. The molecular weight excluding hydrogens is 330 g/mol. The normalized spacial score (nSPS) is 10.5. The lowest BCUT2D eigenvalue weighted by atomic mass is 10.2. The van der Waals surface area contributed by atoms with Gasteiger partial charge >= 0.3 is 0 Å². The first-order chi connectivity index (χ1) is 11.6. The van der Waals surface area contributed by atoms with Crippen LogP contribution in [0.1, 0.15) is 15.5 Å². The lowest BCUT2D eigenvalue weighted by Crippen LogP contribution is -2.34. The van der Waals surface area contributed by atoms with E-state index in [0.717, 1.165) is 5.01 Å². The average Bonchev–Trinajstić information content (AvgIpc) is 3.10. The van der Waals surface area contributed by atoms with Gasteiger partial charge in [0.1, 0.15) is 10.7 Å². The molecule has 1 heterocycles. The van der Waals surface area contributed by atoms with E-state index in [4.69, 9.17) is 19.9 Å². The van der Waals surface area contributed by atoms with Gasteiger partial charge in [0, 0.05) is 37.3 Å². The smallest absolute Gasteiger partial charge is 0.277 e. The van der Waals surface area contributed by atoms with Crippen molar-refractivity contribution in [1.82, 2.24) is 4.98 Å². The monoisotopic (exact) mass is 351 g/mol. The largest absolute Gasteiger partial charge is 0.493 e. The van der Waals surface area contributed by atoms with Crippen molar-refractivity contribution in [3.8, 4) is 11.5 Å². The van der Waals surface area contributed by atoms with Crippen LogP contribution in [-0.2, 0) is 11.3 Å². The fourth-order valence-electron chi connectivity index (χ4n) is 2.16. The van der Waals surface area contributed by atoms with Gasteiger partial charge in [-0.15, -0.1) is 11.3 Å². The molecule has 24 heavy (non-hydrogen) atoms. The molecule has 1 aromatic carbocycles. The van der Waals surface area contributed by atoms with Crippen LogP contribution in [0.15, 0.2) is 23.6 Å². The minimum absolute atomic E-state index is 0.213. The first-order valence-corrected chi connectivity index (χ1v) is 8.19. The minimum atomic E-state index is -0.213. The van der Waals surface area contributed by atoms with E-state index < -0.39 is 0 Å². The summed E-state index contributed by atoms with van der Waals surface area (Å²) in [5.41, 5.74) is 6.62. The number of anilines is 1. The van der Waals surface area contributed by atoms with Gasteiger partial charge in [0.2, 0.25) is 0 Å². The van der Waals surface area contributed by atoms with Crippen LogP contribution < -0.4 is 20.1 Å². The summed E-state index contributed by atoms with van der Waals surface area (Å²) in [5.74, 6) is 0.931. The summed E-state index contributed by atoms with van der Waals surface area (Å²) >= 11 is 1.37. The zero-order chi connectivity index (χ0) is 17.5. The molecule has 2 N–H and O–H groups in total. The van der Waals surface area contributed by atoms with Gasteiger partial charge in [-0.05, 0) is 12.1 Å². The number of hydrogen-bond donors (Lipinski definition) is 1. The Kier molecular flexibility index (Phi) is 6.53. The molecule has 7 nitrogen and oxygen atoms in total. The number of hydrogen-bond acceptors (Lipinski definition) is 7. The quantitative estimate of drug-likeness (QED) is 0.782. The molecule has 1 amide bonds. The van der Waals surface area contributed by atoms with E-state index in [1.165, 1.54) is 11.3 Å². The van der Waals surface area contributed by atoms with Crippen LogP contribution in [0.2, 0.25) is 0 Å². The number of carbonyl (C=O) groups excluding carboxylic acids is 1. The van der Waals surface area contributed by atoms with E-state index >= 15 is 0 Å². The Morgan fingerprint density at radius 2 is 2.00 bits per heavy atom. The predicted octanol–water partition coefficient (Wildman–Crippen LogP) is 1.91. The third-order valence-corrected chi connectivity index (χ3v) is 4.26. The Morgan fingerprint density at radius 1 is 1.25 bits per heavy atom. The van der Waals surface area contributed by atoms with Crippen molar-refractivity contribution < 1.29 is 19.0 Å². The van der Waals surface area contributed by atoms with Crippen LogP contribution in [0.25, 0.3) is 0 Å². The SMILES string of the molecule is COCCN(C(=O)c1csc(CN)n1)c1ccc(OC)c(OC)c1. The molecule has 0 fully saturated rings. The number of ether oxygens (including phenoxy) is 3. The Labute approximate surface area is 145 Å². The van der Waals surface area contributed by atoms with Gasteiger partial charge < -0.3 is 24.8 Å². The average molecular weight is 351 g/mol. The van der Waals surface area contributed by atoms with Crippen LogP contribution >= 0.6 is 11.3 Å². The summed E-state index contributed by atoms with van der Waals surface area (Å²) in [7, 11) is 4.71. The van der Waals surface area contributed by atoms with E-state index in [0.29, 0.717) is 42.6 Å². The highest BCUT2D eigenvalue weighted by Gasteiger charge is 2.21. The Balaban J connectivity index is 2.35. The molecule has 0 saturated heterocycles. The van der Waals surface area contributed by atoms with Crippen molar-refractivity contribution in [2.24, 2.45) is 5.73 Å². The molecule has 2 rings (SSSR count). The maximum Gasteiger partial charge on any atom is 0.277 e. The van der Waals surface area contributed by atoms with Crippen molar-refractivity contribution in [3.63, 3.8) is 0 Å². The lowest BCUT2D eigenvalue weighted by Gasteiger charge is -2.22. The molecule has 0 aliphatic heterocycles. The van der Waals surface area contributed by atoms with E-state index in [1.807, 2.05) is 0 Å². The highest BCUT2D eigenvalue weighted by Crippen LogP contribution is 2.32. The van der Waals surface area contributed by atoms with Crippen molar-refractivity contribution in [2.45, 2.75) is 6.54 Å². The minimum Gasteiger partial charge on any atom is -0.493 e. The molecule has 0 aliphatic rings. The number of aromatic nitrogens is 1. The zero-order valence-corrected chi connectivity index (χ0v) is 14.8. The maximum absolute atomic E-state index is 12.8. The number of thiazole rings is 1. The summed E-state index contributed by atoms with van der Waals surface area (Å²) in [5, 5.41) is 2.43. The van der Waals surface area contributed by atoms with Gasteiger partial charge in [-0.3, -0.25) is 4.79 Å². The Morgan fingerprint density at radius 3 is 2.58 bits per heavy atom. The topological polar surface area (TPSA) is 86.9 Å². The van der Waals surface area contributed by atoms with Gasteiger partial charge in [0.25, 0.3) is 5.91 Å². The number of carbonyl (C=O) groups is 1. The summed E-state index contributed by atoms with van der Waals surface area (Å²) in [6.45, 7) is 1.10. The predicted molar refractivity (Wildman–Crippen MR) is 93.1 cm³/mol. The maximum atomic E-state index is 12.8. The van der Waals surface area contributed by atoms with E-state index in [9.17, 15) is 4.79 Å². The van der Waals surface area contributed by atoms with Crippen molar-refractivity contribution in [3.05, 3.63) is 34.3 Å². The Hall–Kier alpha value is -2.16.